The molecule has 0 spiro atoms. The van der Waals surface area contributed by atoms with E-state index in [2.05, 4.69) is 11.4 Å². The normalized spacial score (nSPS) is 16.0. The molecule has 0 amide bonds. The second-order valence-corrected chi connectivity index (χ2v) is 6.83. The van der Waals surface area contributed by atoms with Crippen molar-refractivity contribution in [3.8, 4) is 11.5 Å². The Morgan fingerprint density at radius 2 is 1.85 bits per heavy atom. The predicted molar refractivity (Wildman–Crippen MR) is 111 cm³/mol. The van der Waals surface area contributed by atoms with Crippen LogP contribution in [0.5, 0.6) is 11.5 Å². The molecule has 1 unspecified atom stereocenters. The fraction of sp³-hybridized carbons (Fsp3) is 0.429. The van der Waals surface area contributed by atoms with Gasteiger partial charge in [-0.25, -0.2) is 0 Å². The van der Waals surface area contributed by atoms with Gasteiger partial charge in [0, 0.05) is 24.7 Å². The van der Waals surface area contributed by atoms with Crippen molar-refractivity contribution in [2.45, 2.75) is 39.0 Å². The highest BCUT2D eigenvalue weighted by molar-refractivity contribution is 6.30. The van der Waals surface area contributed by atoms with Crippen molar-refractivity contribution in [1.29, 1.82) is 0 Å². The summed E-state index contributed by atoms with van der Waals surface area (Å²) in [6.45, 7) is 5.62. The molecular formula is C21H27Cl2NO3. The highest BCUT2D eigenvalue weighted by Crippen LogP contribution is 2.29. The minimum absolute atomic E-state index is 0. The smallest absolute Gasteiger partial charge is 0.161 e. The van der Waals surface area contributed by atoms with Gasteiger partial charge in [0.25, 0.3) is 0 Å². The van der Waals surface area contributed by atoms with Gasteiger partial charge in [0.1, 0.15) is 6.61 Å². The Labute approximate surface area is 172 Å². The molecule has 1 atom stereocenters. The maximum atomic E-state index is 5.95. The van der Waals surface area contributed by atoms with Crippen LogP contribution < -0.4 is 14.8 Å². The largest absolute Gasteiger partial charge is 0.490 e. The number of nitrogens with one attached hydrogen (secondary N) is 1. The molecule has 0 radical (unpaired) electrons. The van der Waals surface area contributed by atoms with E-state index in [9.17, 15) is 0 Å². The SMILES string of the molecule is CCOc1cc(CNCC2CCCO2)ccc1OCc1ccc(Cl)cc1.Cl. The number of rotatable bonds is 9. The number of ether oxygens (including phenoxy) is 3. The lowest BCUT2D eigenvalue weighted by Crippen LogP contribution is -2.25. The minimum atomic E-state index is 0. The van der Waals surface area contributed by atoms with Gasteiger partial charge in [-0.1, -0.05) is 29.8 Å². The topological polar surface area (TPSA) is 39.7 Å². The molecule has 1 N–H and O–H groups in total. The van der Waals surface area contributed by atoms with E-state index in [0.717, 1.165) is 48.2 Å². The molecule has 4 nitrogen and oxygen atoms in total. The molecule has 2 aromatic carbocycles. The van der Waals surface area contributed by atoms with Gasteiger partial charge in [0.2, 0.25) is 0 Å². The summed E-state index contributed by atoms with van der Waals surface area (Å²) in [6, 6.07) is 13.8. The molecule has 1 fully saturated rings. The van der Waals surface area contributed by atoms with Crippen LogP contribution in [0.15, 0.2) is 42.5 Å². The molecule has 148 valence electrons. The van der Waals surface area contributed by atoms with Gasteiger partial charge in [-0.05, 0) is 55.2 Å². The van der Waals surface area contributed by atoms with Crippen molar-refractivity contribution >= 4 is 24.0 Å². The molecular weight excluding hydrogens is 385 g/mol. The summed E-state index contributed by atoms with van der Waals surface area (Å²) in [7, 11) is 0. The first-order valence-corrected chi connectivity index (χ1v) is 9.57. The van der Waals surface area contributed by atoms with Crippen LogP contribution >= 0.6 is 24.0 Å². The maximum Gasteiger partial charge on any atom is 0.161 e. The molecule has 27 heavy (non-hydrogen) atoms. The van der Waals surface area contributed by atoms with Gasteiger partial charge in [-0.15, -0.1) is 12.4 Å². The third kappa shape index (κ3) is 6.89. The van der Waals surface area contributed by atoms with E-state index < -0.39 is 0 Å². The molecule has 2 aromatic rings. The second-order valence-electron chi connectivity index (χ2n) is 6.40. The lowest BCUT2D eigenvalue weighted by molar-refractivity contribution is 0.110. The lowest BCUT2D eigenvalue weighted by atomic mass is 10.2. The third-order valence-corrected chi connectivity index (χ3v) is 4.59. The summed E-state index contributed by atoms with van der Waals surface area (Å²) < 4.78 is 17.4. The highest BCUT2D eigenvalue weighted by atomic mass is 35.5. The van der Waals surface area contributed by atoms with Crippen LogP contribution in [0.4, 0.5) is 0 Å². The van der Waals surface area contributed by atoms with Crippen LogP contribution in [-0.2, 0) is 17.9 Å². The first-order chi connectivity index (χ1) is 12.7. The van der Waals surface area contributed by atoms with E-state index in [1.54, 1.807) is 0 Å². The fourth-order valence-corrected chi connectivity index (χ4v) is 3.10. The van der Waals surface area contributed by atoms with Gasteiger partial charge in [-0.2, -0.15) is 0 Å². The van der Waals surface area contributed by atoms with Gasteiger partial charge >= 0.3 is 0 Å². The Bertz CT molecular complexity index is 688. The van der Waals surface area contributed by atoms with Crippen molar-refractivity contribution < 1.29 is 14.2 Å². The van der Waals surface area contributed by atoms with Gasteiger partial charge in [0.05, 0.1) is 12.7 Å². The zero-order valence-electron chi connectivity index (χ0n) is 15.6. The summed E-state index contributed by atoms with van der Waals surface area (Å²) in [5, 5.41) is 4.19. The number of halogens is 2. The molecule has 3 rings (SSSR count). The van der Waals surface area contributed by atoms with Gasteiger partial charge in [0.15, 0.2) is 11.5 Å². The Hall–Kier alpha value is -1.46. The molecule has 1 heterocycles. The zero-order valence-corrected chi connectivity index (χ0v) is 17.2. The van der Waals surface area contributed by atoms with Crippen LogP contribution in [0.3, 0.4) is 0 Å². The molecule has 1 saturated heterocycles. The standard InChI is InChI=1S/C21H26ClNO3.ClH/c1-2-24-21-12-17(13-23-14-19-4-3-11-25-19)7-10-20(21)26-15-16-5-8-18(22)9-6-16;/h5-10,12,19,23H,2-4,11,13-15H2,1H3;1H. The average molecular weight is 412 g/mol. The Kier molecular flexibility index (Phi) is 9.22. The lowest BCUT2D eigenvalue weighted by Gasteiger charge is -2.15. The van der Waals surface area contributed by atoms with Gasteiger partial charge in [-0.3, -0.25) is 0 Å². The number of hydrogen-bond donors (Lipinski definition) is 1. The molecule has 0 bridgehead atoms. The van der Waals surface area contributed by atoms with Crippen molar-refractivity contribution in [1.82, 2.24) is 5.32 Å². The minimum Gasteiger partial charge on any atom is -0.490 e. The van der Waals surface area contributed by atoms with E-state index in [1.807, 2.05) is 43.3 Å². The van der Waals surface area contributed by atoms with E-state index in [1.165, 1.54) is 12.0 Å². The van der Waals surface area contributed by atoms with Gasteiger partial charge < -0.3 is 19.5 Å². The van der Waals surface area contributed by atoms with Crippen molar-refractivity contribution in [2.24, 2.45) is 0 Å². The summed E-state index contributed by atoms with van der Waals surface area (Å²) in [5.41, 5.74) is 2.24. The number of benzene rings is 2. The first kappa shape index (κ1) is 21.8. The van der Waals surface area contributed by atoms with Crippen LogP contribution in [0.25, 0.3) is 0 Å². The first-order valence-electron chi connectivity index (χ1n) is 9.20. The Morgan fingerprint density at radius 3 is 2.56 bits per heavy atom. The van der Waals surface area contributed by atoms with E-state index in [-0.39, 0.29) is 12.4 Å². The van der Waals surface area contributed by atoms with Crippen molar-refractivity contribution in [3.05, 3.63) is 58.6 Å². The summed E-state index contributed by atoms with van der Waals surface area (Å²) in [6.07, 6.45) is 2.66. The summed E-state index contributed by atoms with van der Waals surface area (Å²) >= 11 is 5.92. The molecule has 0 aliphatic carbocycles. The molecule has 1 aliphatic rings. The zero-order chi connectivity index (χ0) is 18.2. The molecule has 6 heteroatoms. The van der Waals surface area contributed by atoms with E-state index in [0.29, 0.717) is 19.3 Å². The highest BCUT2D eigenvalue weighted by Gasteiger charge is 2.14. The predicted octanol–water partition coefficient (Wildman–Crippen LogP) is 5.01. The van der Waals surface area contributed by atoms with Crippen molar-refractivity contribution in [2.75, 3.05) is 19.8 Å². The fourth-order valence-electron chi connectivity index (χ4n) is 2.97. The van der Waals surface area contributed by atoms with Crippen molar-refractivity contribution in [3.63, 3.8) is 0 Å². The third-order valence-electron chi connectivity index (χ3n) is 4.34. The Balaban J connectivity index is 0.00000261. The van der Waals surface area contributed by atoms with Crippen LogP contribution in [0.1, 0.15) is 30.9 Å². The van der Waals surface area contributed by atoms with Crippen LogP contribution in [0.2, 0.25) is 5.02 Å². The monoisotopic (exact) mass is 411 g/mol. The second kappa shape index (κ2) is 11.4. The summed E-state index contributed by atoms with van der Waals surface area (Å²) in [5.74, 6) is 1.53. The van der Waals surface area contributed by atoms with E-state index in [4.69, 9.17) is 25.8 Å². The van der Waals surface area contributed by atoms with Crippen LogP contribution in [-0.4, -0.2) is 25.9 Å². The quantitative estimate of drug-likeness (QED) is 0.629. The average Bonchev–Trinajstić information content (AvgIpc) is 3.16. The number of hydrogen-bond acceptors (Lipinski definition) is 4. The van der Waals surface area contributed by atoms with E-state index >= 15 is 0 Å². The summed E-state index contributed by atoms with van der Waals surface area (Å²) in [4.78, 5) is 0. The van der Waals surface area contributed by atoms with Crippen LogP contribution in [0, 0.1) is 0 Å². The molecule has 0 aromatic heterocycles. The Morgan fingerprint density at radius 1 is 1.07 bits per heavy atom. The molecule has 1 aliphatic heterocycles. The molecule has 0 saturated carbocycles. The maximum absolute atomic E-state index is 5.95.